The Hall–Kier alpha value is -7.08. The van der Waals surface area contributed by atoms with Gasteiger partial charge >= 0.3 is 0 Å². The van der Waals surface area contributed by atoms with Crippen LogP contribution in [0.2, 0.25) is 0 Å². The Morgan fingerprint density at radius 1 is 0.473 bits per heavy atom. The van der Waals surface area contributed by atoms with Crippen LogP contribution in [0.3, 0.4) is 0 Å². The number of para-hydroxylation sites is 2. The first-order chi connectivity index (χ1) is 27.2. The van der Waals surface area contributed by atoms with Crippen molar-refractivity contribution in [2.45, 2.75) is 0 Å². The number of fused-ring (bicyclic) bond motifs is 12. The molecule has 4 heterocycles. The molecule has 1 aliphatic rings. The molecule has 55 heavy (non-hydrogen) atoms. The number of furan rings is 1. The van der Waals surface area contributed by atoms with Crippen LogP contribution in [0.1, 0.15) is 0 Å². The van der Waals surface area contributed by atoms with Gasteiger partial charge in [-0.25, -0.2) is 9.97 Å². The van der Waals surface area contributed by atoms with Crippen molar-refractivity contribution in [1.29, 1.82) is 0 Å². The maximum absolute atomic E-state index is 6.19. The average Bonchev–Trinajstić information content (AvgIpc) is 3.98. The molecule has 12 aromatic rings. The van der Waals surface area contributed by atoms with Crippen molar-refractivity contribution in [3.8, 4) is 50.7 Å². The molecule has 254 valence electrons. The summed E-state index contributed by atoms with van der Waals surface area (Å²) in [6.07, 6.45) is 0. The van der Waals surface area contributed by atoms with Crippen LogP contribution in [-0.4, -0.2) is 14.5 Å². The Morgan fingerprint density at radius 3 is 2.07 bits per heavy atom. The van der Waals surface area contributed by atoms with E-state index in [2.05, 4.69) is 156 Å². The van der Waals surface area contributed by atoms with Crippen molar-refractivity contribution < 1.29 is 4.42 Å². The van der Waals surface area contributed by atoms with Gasteiger partial charge in [-0.2, -0.15) is 0 Å². The molecule has 0 N–H and O–H groups in total. The van der Waals surface area contributed by atoms with Crippen LogP contribution in [0, 0.1) is 0 Å². The van der Waals surface area contributed by atoms with E-state index in [1.54, 1.807) is 0 Å². The lowest BCUT2D eigenvalue weighted by Crippen LogP contribution is -2.05. The van der Waals surface area contributed by atoms with Crippen LogP contribution in [0.4, 0.5) is 0 Å². The molecule has 0 bridgehead atoms. The standard InChI is InChI=1S/C50H27N3OS/c1-4-16-40-34(13-1)48(31-21-24-45-38(27-31)33-12-3-6-18-44(33)55-45)52-50(51-40)53-41-22-19-29(30-20-23-43-37(25-30)32-11-2-5-17-42(32)54-43)26-39(41)47-35-14-7-9-28-10-8-15-36(46(28)35)49(47)53/h1-27H. The van der Waals surface area contributed by atoms with Gasteiger partial charge in [-0.3, -0.25) is 4.57 Å². The van der Waals surface area contributed by atoms with Gasteiger partial charge in [0, 0.05) is 58.4 Å². The van der Waals surface area contributed by atoms with Crippen LogP contribution in [0.5, 0.6) is 0 Å². The number of hydrogen-bond donors (Lipinski definition) is 0. The van der Waals surface area contributed by atoms with E-state index < -0.39 is 0 Å². The molecule has 1 aliphatic carbocycles. The Balaban J connectivity index is 1.09. The zero-order valence-corrected chi connectivity index (χ0v) is 30.1. The highest BCUT2D eigenvalue weighted by Gasteiger charge is 2.31. The number of hydrogen-bond acceptors (Lipinski definition) is 4. The Morgan fingerprint density at radius 2 is 1.16 bits per heavy atom. The van der Waals surface area contributed by atoms with Gasteiger partial charge in [0.15, 0.2) is 0 Å². The number of thiophene rings is 1. The van der Waals surface area contributed by atoms with Crippen LogP contribution >= 0.6 is 11.3 Å². The van der Waals surface area contributed by atoms with E-state index in [1.807, 2.05) is 23.5 Å². The third kappa shape index (κ3) is 4.05. The number of nitrogens with zero attached hydrogens (tertiary/aromatic N) is 3. The van der Waals surface area contributed by atoms with Gasteiger partial charge in [0.05, 0.1) is 22.4 Å². The molecule has 4 nitrogen and oxygen atoms in total. The lowest BCUT2D eigenvalue weighted by molar-refractivity contribution is 0.669. The number of rotatable bonds is 3. The van der Waals surface area contributed by atoms with Crippen molar-refractivity contribution in [3.63, 3.8) is 0 Å². The minimum atomic E-state index is 0.666. The van der Waals surface area contributed by atoms with Crippen molar-refractivity contribution in [1.82, 2.24) is 14.5 Å². The summed E-state index contributed by atoms with van der Waals surface area (Å²) in [5.74, 6) is 0.666. The molecule has 4 aromatic heterocycles. The van der Waals surface area contributed by atoms with Crippen molar-refractivity contribution in [3.05, 3.63) is 164 Å². The summed E-state index contributed by atoms with van der Waals surface area (Å²) >= 11 is 1.84. The van der Waals surface area contributed by atoms with Gasteiger partial charge in [0.1, 0.15) is 11.2 Å². The van der Waals surface area contributed by atoms with Crippen LogP contribution in [-0.2, 0) is 0 Å². The smallest absolute Gasteiger partial charge is 0.235 e. The van der Waals surface area contributed by atoms with E-state index in [9.17, 15) is 0 Å². The van der Waals surface area contributed by atoms with Gasteiger partial charge in [0.25, 0.3) is 0 Å². The van der Waals surface area contributed by atoms with E-state index in [-0.39, 0.29) is 0 Å². The van der Waals surface area contributed by atoms with E-state index >= 15 is 0 Å². The van der Waals surface area contributed by atoms with Crippen molar-refractivity contribution >= 4 is 86.0 Å². The average molecular weight is 718 g/mol. The summed E-state index contributed by atoms with van der Waals surface area (Å²) in [7, 11) is 0. The first-order valence-corrected chi connectivity index (χ1v) is 19.4. The molecule has 0 fully saturated rings. The Bertz CT molecular complexity index is 3620. The third-order valence-electron chi connectivity index (χ3n) is 11.5. The summed E-state index contributed by atoms with van der Waals surface area (Å²) in [5.41, 5.74) is 12.9. The second-order valence-corrected chi connectivity index (χ2v) is 15.6. The highest BCUT2D eigenvalue weighted by molar-refractivity contribution is 7.25. The zero-order chi connectivity index (χ0) is 35.8. The lowest BCUT2D eigenvalue weighted by Gasteiger charge is -2.14. The summed E-state index contributed by atoms with van der Waals surface area (Å²) < 4.78 is 11.1. The minimum absolute atomic E-state index is 0.666. The maximum atomic E-state index is 6.19. The fourth-order valence-electron chi connectivity index (χ4n) is 9.12. The first kappa shape index (κ1) is 29.4. The summed E-state index contributed by atoms with van der Waals surface area (Å²) in [6, 6.07) is 58.8. The van der Waals surface area contributed by atoms with Gasteiger partial charge in [-0.15, -0.1) is 11.3 Å². The van der Waals surface area contributed by atoms with E-state index in [1.165, 1.54) is 53.0 Å². The van der Waals surface area contributed by atoms with Crippen LogP contribution in [0.25, 0.3) is 125 Å². The van der Waals surface area contributed by atoms with Gasteiger partial charge in [-0.05, 0) is 82.1 Å². The molecule has 0 amide bonds. The van der Waals surface area contributed by atoms with Crippen molar-refractivity contribution in [2.75, 3.05) is 0 Å². The van der Waals surface area contributed by atoms with Gasteiger partial charge in [-0.1, -0.05) is 109 Å². The van der Waals surface area contributed by atoms with E-state index in [0.29, 0.717) is 5.95 Å². The van der Waals surface area contributed by atoms with Crippen LogP contribution in [0.15, 0.2) is 168 Å². The molecule has 0 saturated heterocycles. The Kier molecular flexibility index (Phi) is 5.74. The van der Waals surface area contributed by atoms with E-state index in [0.717, 1.165) is 66.4 Å². The summed E-state index contributed by atoms with van der Waals surface area (Å²) in [6.45, 7) is 0. The van der Waals surface area contributed by atoms with Gasteiger partial charge in [0.2, 0.25) is 5.95 Å². The maximum Gasteiger partial charge on any atom is 0.235 e. The predicted octanol–water partition coefficient (Wildman–Crippen LogP) is 14.0. The molecule has 0 spiro atoms. The molecule has 0 unspecified atom stereocenters. The Labute approximate surface area is 318 Å². The normalized spacial score (nSPS) is 12.4. The minimum Gasteiger partial charge on any atom is -0.456 e. The quantitative estimate of drug-likeness (QED) is 0.183. The molecule has 0 atom stereocenters. The molecule has 0 saturated carbocycles. The third-order valence-corrected chi connectivity index (χ3v) is 12.7. The molecule has 5 heteroatoms. The monoisotopic (exact) mass is 717 g/mol. The molecule has 0 aliphatic heterocycles. The topological polar surface area (TPSA) is 43.9 Å². The highest BCUT2D eigenvalue weighted by atomic mass is 32.1. The van der Waals surface area contributed by atoms with Gasteiger partial charge < -0.3 is 4.42 Å². The first-order valence-electron chi connectivity index (χ1n) is 18.6. The fourth-order valence-corrected chi connectivity index (χ4v) is 10.2. The second-order valence-electron chi connectivity index (χ2n) is 14.5. The second kappa shape index (κ2) is 10.8. The SMILES string of the molecule is c1cc2c3c(cccc3c1)-c1c-2c2cc(-c3ccc4oc5ccccc5c4c3)ccc2n1-c1nc(-c2ccc3sc4ccccc4c3c2)c2ccccc2n1. The summed E-state index contributed by atoms with van der Waals surface area (Å²) in [4.78, 5) is 10.9. The van der Waals surface area contributed by atoms with Crippen molar-refractivity contribution in [2.24, 2.45) is 0 Å². The highest BCUT2D eigenvalue weighted by Crippen LogP contribution is 2.53. The zero-order valence-electron chi connectivity index (χ0n) is 29.2. The molecular formula is C50H27N3OS. The van der Waals surface area contributed by atoms with E-state index in [4.69, 9.17) is 14.4 Å². The predicted molar refractivity (Wildman–Crippen MR) is 229 cm³/mol. The molecule has 8 aromatic carbocycles. The molecular weight excluding hydrogens is 691 g/mol. The van der Waals surface area contributed by atoms with Crippen LogP contribution < -0.4 is 0 Å². The fraction of sp³-hybridized carbons (Fsp3) is 0. The molecule has 13 rings (SSSR count). The number of benzene rings is 8. The lowest BCUT2D eigenvalue weighted by atomic mass is 9.98. The summed E-state index contributed by atoms with van der Waals surface area (Å²) in [5, 5.41) is 9.51. The molecule has 0 radical (unpaired) electrons. The largest absolute Gasteiger partial charge is 0.456 e. The number of aromatic nitrogens is 3.